The van der Waals surface area contributed by atoms with Gasteiger partial charge in [0.15, 0.2) is 11.6 Å². The number of likely N-dealkylation sites (tertiary alicyclic amines) is 2. The minimum Gasteiger partial charge on any atom is -0.508 e. The molecule has 72 heavy (non-hydrogen) atoms. The summed E-state index contributed by atoms with van der Waals surface area (Å²) in [5, 5.41) is 11.5. The zero-order valence-electron chi connectivity index (χ0n) is 41.6. The average molecular weight is 1040 g/mol. The van der Waals surface area contributed by atoms with E-state index < -0.39 is 0 Å². The first-order chi connectivity index (χ1) is 34.6. The number of ether oxygens (including phenoxy) is 3. The Bertz CT molecular complexity index is 3010. The van der Waals surface area contributed by atoms with Gasteiger partial charge in [0.05, 0.1) is 14.2 Å². The summed E-state index contributed by atoms with van der Waals surface area (Å²) < 4.78 is 18.8. The van der Waals surface area contributed by atoms with Crippen LogP contribution in [0.2, 0.25) is 0 Å². The highest BCUT2D eigenvalue weighted by Crippen LogP contribution is 2.42. The van der Waals surface area contributed by atoms with Crippen molar-refractivity contribution in [1.82, 2.24) is 9.80 Å². The Labute approximate surface area is 443 Å². The molecule has 6 aromatic carbocycles. The SMILES string of the molecule is COc1ccc(-c2sc3cc(C)ccc3c2C(=O)c2ccc(O)cc2)cc1.COc1ccc(-c2sc3cc(C)ccc3c2C(=O)c2ccc(OCCN3CCCCC3)cc2)cc1.Cl.ClCCN1CCCCC1. The highest BCUT2D eigenvalue weighted by molar-refractivity contribution is 7.23. The molecule has 0 saturated carbocycles. The fraction of sp³-hybridized carbons (Fsp3) is 0.300. The highest BCUT2D eigenvalue weighted by atomic mass is 35.5. The van der Waals surface area contributed by atoms with Crippen LogP contribution in [-0.2, 0) is 0 Å². The largest absolute Gasteiger partial charge is 0.508 e. The fourth-order valence-electron chi connectivity index (χ4n) is 9.13. The van der Waals surface area contributed by atoms with E-state index in [2.05, 4.69) is 41.0 Å². The van der Waals surface area contributed by atoms with Crippen molar-refractivity contribution in [3.63, 3.8) is 0 Å². The van der Waals surface area contributed by atoms with Crippen molar-refractivity contribution in [1.29, 1.82) is 0 Å². The first kappa shape index (κ1) is 54.1. The van der Waals surface area contributed by atoms with Crippen molar-refractivity contribution in [3.05, 3.63) is 167 Å². The summed E-state index contributed by atoms with van der Waals surface area (Å²) in [4.78, 5) is 34.0. The smallest absolute Gasteiger partial charge is 0.195 e. The molecule has 8 aromatic rings. The molecule has 0 spiro atoms. The average Bonchev–Trinajstić information content (AvgIpc) is 3.98. The summed E-state index contributed by atoms with van der Waals surface area (Å²) in [6, 6.07) is 42.1. The van der Waals surface area contributed by atoms with Gasteiger partial charge in [-0.05, 0) is 197 Å². The summed E-state index contributed by atoms with van der Waals surface area (Å²) in [6.07, 6.45) is 8.07. The molecule has 2 aliphatic rings. The molecule has 1 N–H and O–H groups in total. The molecule has 0 aliphatic carbocycles. The van der Waals surface area contributed by atoms with Crippen molar-refractivity contribution < 1.29 is 28.9 Å². The van der Waals surface area contributed by atoms with Gasteiger partial charge in [-0.2, -0.15) is 0 Å². The molecule has 2 saturated heterocycles. The van der Waals surface area contributed by atoms with Crippen LogP contribution in [0.15, 0.2) is 133 Å². The Hall–Kier alpha value is -5.72. The summed E-state index contributed by atoms with van der Waals surface area (Å²) in [5.74, 6) is 3.31. The van der Waals surface area contributed by atoms with Gasteiger partial charge in [-0.1, -0.05) is 37.1 Å². The second-order valence-electron chi connectivity index (χ2n) is 18.1. The van der Waals surface area contributed by atoms with Crippen LogP contribution in [0, 0.1) is 13.8 Å². The van der Waals surface area contributed by atoms with Crippen molar-refractivity contribution in [3.8, 4) is 43.9 Å². The monoisotopic (exact) mass is 1040 g/mol. The molecule has 10 rings (SSSR count). The number of ketones is 2. The molecule has 4 heterocycles. The molecule has 2 aliphatic heterocycles. The Morgan fingerprint density at radius 2 is 0.944 bits per heavy atom. The van der Waals surface area contributed by atoms with E-state index >= 15 is 0 Å². The molecule has 2 fully saturated rings. The van der Waals surface area contributed by atoms with Gasteiger partial charge < -0.3 is 24.2 Å². The third kappa shape index (κ3) is 13.7. The minimum absolute atomic E-state index is 0. The van der Waals surface area contributed by atoms with Crippen LogP contribution in [0.25, 0.3) is 41.1 Å². The van der Waals surface area contributed by atoms with Crippen LogP contribution in [-0.4, -0.2) is 92.4 Å². The first-order valence-corrected chi connectivity index (χ1v) is 26.8. The van der Waals surface area contributed by atoms with E-state index in [-0.39, 0.29) is 29.7 Å². The lowest BCUT2D eigenvalue weighted by Gasteiger charge is -2.26. The number of hydrogen-bond donors (Lipinski definition) is 1. The number of hydrogen-bond acceptors (Lipinski definition) is 10. The maximum atomic E-state index is 13.8. The number of rotatable bonds is 14. The number of halogens is 2. The lowest BCUT2D eigenvalue weighted by molar-refractivity contribution is 0.103. The summed E-state index contributed by atoms with van der Waals surface area (Å²) in [6.45, 7) is 11.7. The predicted octanol–water partition coefficient (Wildman–Crippen LogP) is 14.9. The molecular weight excluding hydrogens is 980 g/mol. The number of methoxy groups -OCH3 is 2. The van der Waals surface area contributed by atoms with Gasteiger partial charge in [0.25, 0.3) is 0 Å². The Morgan fingerprint density at radius 3 is 1.36 bits per heavy atom. The minimum atomic E-state index is -0.0454. The van der Waals surface area contributed by atoms with Crippen molar-refractivity contribution >= 4 is 78.4 Å². The molecule has 2 aromatic heterocycles. The van der Waals surface area contributed by atoms with Gasteiger partial charge >= 0.3 is 0 Å². The number of alkyl halides is 1. The Morgan fingerprint density at radius 1 is 0.542 bits per heavy atom. The van der Waals surface area contributed by atoms with Crippen LogP contribution in [0.3, 0.4) is 0 Å². The maximum absolute atomic E-state index is 13.8. The van der Waals surface area contributed by atoms with Crippen LogP contribution < -0.4 is 14.2 Å². The zero-order chi connectivity index (χ0) is 49.7. The van der Waals surface area contributed by atoms with E-state index in [1.54, 1.807) is 61.2 Å². The van der Waals surface area contributed by atoms with Gasteiger partial charge in [-0.25, -0.2) is 0 Å². The molecule has 12 heteroatoms. The normalized spacial score (nSPS) is 13.8. The highest BCUT2D eigenvalue weighted by Gasteiger charge is 2.24. The third-order valence-corrected chi connectivity index (χ3v) is 15.6. The number of benzene rings is 6. The van der Waals surface area contributed by atoms with Crippen molar-refractivity contribution in [2.45, 2.75) is 52.4 Å². The first-order valence-electron chi connectivity index (χ1n) is 24.6. The molecular formula is C60H64Cl2N2O6S2. The van der Waals surface area contributed by atoms with Gasteiger partial charge in [-0.15, -0.1) is 46.7 Å². The van der Waals surface area contributed by atoms with E-state index in [1.165, 1.54) is 70.3 Å². The summed E-state index contributed by atoms with van der Waals surface area (Å²) in [7, 11) is 3.30. The number of carbonyl (C=O) groups excluding carboxylic acids is 2. The number of phenolic OH excluding ortho intramolecular Hbond substituents is 1. The van der Waals surface area contributed by atoms with Gasteiger partial charge in [0.1, 0.15) is 29.6 Å². The van der Waals surface area contributed by atoms with Crippen LogP contribution in [0.1, 0.15) is 81.5 Å². The van der Waals surface area contributed by atoms with E-state index in [0.29, 0.717) is 23.3 Å². The molecule has 0 radical (unpaired) electrons. The Kier molecular flexibility index (Phi) is 19.7. The predicted molar refractivity (Wildman–Crippen MR) is 303 cm³/mol. The van der Waals surface area contributed by atoms with Crippen molar-refractivity contribution in [2.75, 3.05) is 66.0 Å². The maximum Gasteiger partial charge on any atom is 0.195 e. The standard InChI is InChI=1S/C30H31NO3S.C23H18O3S.C7H14ClN.ClH/c1-21-6-15-26-27(20-21)35-30(23-9-11-24(33-2)12-10-23)28(26)29(32)22-7-13-25(14-8-22)34-19-18-31-16-4-3-5-17-31;1-14-3-12-19-20(13-14)27-23(16-6-10-18(26-2)11-7-16)21(19)22(25)15-4-8-17(24)9-5-15;8-4-7-9-5-2-1-3-6-9;/h6-15,20H,3-5,16-19H2,1-2H3;3-13,24H,1-2H3;1-7H2;1H. The van der Waals surface area contributed by atoms with E-state index in [1.807, 2.05) is 91.9 Å². The number of carbonyl (C=O) groups is 2. The van der Waals surface area contributed by atoms with Crippen LogP contribution in [0.5, 0.6) is 23.0 Å². The molecule has 376 valence electrons. The lowest BCUT2D eigenvalue weighted by Crippen LogP contribution is -2.33. The van der Waals surface area contributed by atoms with E-state index in [9.17, 15) is 14.7 Å². The zero-order valence-corrected chi connectivity index (χ0v) is 44.8. The number of phenols is 1. The van der Waals surface area contributed by atoms with Crippen LogP contribution >= 0.6 is 46.7 Å². The summed E-state index contributed by atoms with van der Waals surface area (Å²) in [5.41, 5.74) is 7.03. The second kappa shape index (κ2) is 26.3. The topological polar surface area (TPSA) is 88.5 Å². The molecule has 0 bridgehead atoms. The Balaban J connectivity index is 0.000000182. The van der Waals surface area contributed by atoms with E-state index in [0.717, 1.165) is 88.4 Å². The van der Waals surface area contributed by atoms with Crippen molar-refractivity contribution in [2.24, 2.45) is 0 Å². The van der Waals surface area contributed by atoms with Gasteiger partial charge in [-0.3, -0.25) is 14.5 Å². The number of fused-ring (bicyclic) bond motifs is 2. The number of piperidine rings is 2. The van der Waals surface area contributed by atoms with Gasteiger partial charge in [0.2, 0.25) is 0 Å². The molecule has 0 atom stereocenters. The number of nitrogens with zero attached hydrogens (tertiary/aromatic N) is 2. The second-order valence-corrected chi connectivity index (χ2v) is 20.6. The lowest BCUT2D eigenvalue weighted by atomic mass is 9.97. The molecule has 0 amide bonds. The number of aryl methyl sites for hydroxylation is 2. The van der Waals surface area contributed by atoms with Crippen LogP contribution in [0.4, 0.5) is 0 Å². The third-order valence-electron chi connectivity index (χ3n) is 13.1. The molecule has 0 unspecified atom stereocenters. The molecule has 8 nitrogen and oxygen atoms in total. The summed E-state index contributed by atoms with van der Waals surface area (Å²) >= 11 is 8.88. The van der Waals surface area contributed by atoms with E-state index in [4.69, 9.17) is 25.8 Å². The van der Waals surface area contributed by atoms with Gasteiger partial charge in [0, 0.05) is 71.1 Å². The number of aromatic hydroxyl groups is 1. The quantitative estimate of drug-likeness (QED) is 0.0851. The number of thiophene rings is 2. The fourth-order valence-corrected chi connectivity index (χ4v) is 12.0.